The molecule has 1 saturated heterocycles. The van der Waals surface area contributed by atoms with Gasteiger partial charge in [-0.1, -0.05) is 35.7 Å². The van der Waals surface area contributed by atoms with Crippen LogP contribution in [0.5, 0.6) is 0 Å². The second-order valence-electron chi connectivity index (χ2n) is 6.44. The van der Waals surface area contributed by atoms with Gasteiger partial charge in [-0.2, -0.15) is 0 Å². The number of benzene rings is 1. The molecule has 0 spiro atoms. The molecule has 120 valence electrons. The zero-order chi connectivity index (χ0) is 15.7. The summed E-state index contributed by atoms with van der Waals surface area (Å²) in [5.41, 5.74) is 0.633. The standard InChI is InChI=1S/C17H22Cl2N2O/c1-20-13-4-2-9-21(11-13)16(22)17(7-3-8-17)12-5-6-14(18)15(19)10-12/h5-6,10,13,20H,2-4,7-9,11H2,1H3. The fraction of sp³-hybridized carbons (Fsp3) is 0.588. The monoisotopic (exact) mass is 340 g/mol. The Hall–Kier alpha value is -0.770. The largest absolute Gasteiger partial charge is 0.340 e. The lowest BCUT2D eigenvalue weighted by Crippen LogP contribution is -2.55. The molecule has 1 aromatic carbocycles. The fourth-order valence-corrected chi connectivity index (χ4v) is 3.95. The van der Waals surface area contributed by atoms with Crippen molar-refractivity contribution in [1.82, 2.24) is 10.2 Å². The summed E-state index contributed by atoms with van der Waals surface area (Å²) >= 11 is 12.2. The van der Waals surface area contributed by atoms with Gasteiger partial charge in [0.15, 0.2) is 0 Å². The minimum atomic E-state index is -0.385. The zero-order valence-electron chi connectivity index (χ0n) is 12.9. The summed E-state index contributed by atoms with van der Waals surface area (Å²) in [5, 5.41) is 4.37. The highest BCUT2D eigenvalue weighted by molar-refractivity contribution is 6.42. The van der Waals surface area contributed by atoms with E-state index >= 15 is 0 Å². The van der Waals surface area contributed by atoms with Crippen LogP contribution < -0.4 is 5.32 Å². The van der Waals surface area contributed by atoms with Gasteiger partial charge in [0.25, 0.3) is 0 Å². The molecule has 0 radical (unpaired) electrons. The van der Waals surface area contributed by atoms with Crippen molar-refractivity contribution in [2.75, 3.05) is 20.1 Å². The second kappa shape index (κ2) is 6.38. The molecule has 22 heavy (non-hydrogen) atoms. The average Bonchev–Trinajstić information content (AvgIpc) is 2.49. The van der Waals surface area contributed by atoms with Crippen LogP contribution in [0.1, 0.15) is 37.7 Å². The van der Waals surface area contributed by atoms with Crippen LogP contribution in [-0.2, 0) is 10.2 Å². The van der Waals surface area contributed by atoms with Crippen molar-refractivity contribution in [2.24, 2.45) is 0 Å². The molecule has 1 atom stereocenters. The Morgan fingerprint density at radius 1 is 1.27 bits per heavy atom. The lowest BCUT2D eigenvalue weighted by molar-refractivity contribution is -0.142. The van der Waals surface area contributed by atoms with Gasteiger partial charge in [-0.25, -0.2) is 0 Å². The first kappa shape index (κ1) is 16.1. The van der Waals surface area contributed by atoms with Crippen LogP contribution in [0, 0.1) is 0 Å². The number of piperidine rings is 1. The molecule has 2 aliphatic rings. The van der Waals surface area contributed by atoms with Crippen molar-refractivity contribution < 1.29 is 4.79 Å². The number of likely N-dealkylation sites (N-methyl/N-ethyl adjacent to an activating group) is 1. The molecule has 3 nitrogen and oxygen atoms in total. The van der Waals surface area contributed by atoms with Gasteiger partial charge >= 0.3 is 0 Å². The number of hydrogen-bond donors (Lipinski definition) is 1. The second-order valence-corrected chi connectivity index (χ2v) is 7.26. The Labute approximate surface area is 142 Å². The Bertz CT molecular complexity index is 572. The number of carbonyl (C=O) groups excluding carboxylic acids is 1. The number of nitrogens with zero attached hydrogens (tertiary/aromatic N) is 1. The summed E-state index contributed by atoms with van der Waals surface area (Å²) in [4.78, 5) is 15.2. The van der Waals surface area contributed by atoms with E-state index < -0.39 is 0 Å². The molecule has 5 heteroatoms. The highest BCUT2D eigenvalue weighted by Gasteiger charge is 2.48. The number of halogens is 2. The van der Waals surface area contributed by atoms with Crippen molar-refractivity contribution >= 4 is 29.1 Å². The molecule has 1 aliphatic heterocycles. The Kier molecular flexibility index (Phi) is 4.67. The molecule has 1 unspecified atom stereocenters. The van der Waals surface area contributed by atoms with Gasteiger partial charge in [-0.05, 0) is 50.4 Å². The zero-order valence-corrected chi connectivity index (χ0v) is 14.4. The summed E-state index contributed by atoms with van der Waals surface area (Å²) in [5.74, 6) is 0.261. The first-order chi connectivity index (χ1) is 10.6. The maximum absolute atomic E-state index is 13.2. The summed E-state index contributed by atoms with van der Waals surface area (Å²) in [6.45, 7) is 1.67. The topological polar surface area (TPSA) is 32.3 Å². The predicted octanol–water partition coefficient (Wildman–Crippen LogP) is 3.63. The first-order valence-electron chi connectivity index (χ1n) is 7.99. The normalized spacial score (nSPS) is 24.0. The quantitative estimate of drug-likeness (QED) is 0.911. The van der Waals surface area contributed by atoms with Crippen LogP contribution >= 0.6 is 23.2 Å². The van der Waals surface area contributed by atoms with Crippen molar-refractivity contribution in [3.8, 4) is 0 Å². The van der Waals surface area contributed by atoms with E-state index in [1.807, 2.05) is 24.1 Å². The van der Waals surface area contributed by atoms with Crippen molar-refractivity contribution in [1.29, 1.82) is 0 Å². The van der Waals surface area contributed by atoms with Gasteiger partial charge in [0, 0.05) is 19.1 Å². The molecular formula is C17H22Cl2N2O. The van der Waals surface area contributed by atoms with Crippen LogP contribution in [0.4, 0.5) is 0 Å². The van der Waals surface area contributed by atoms with E-state index in [1.54, 1.807) is 6.07 Å². The number of carbonyl (C=O) groups is 1. The fourth-order valence-electron chi connectivity index (χ4n) is 3.65. The molecule has 2 fully saturated rings. The van der Waals surface area contributed by atoms with Crippen LogP contribution in [0.3, 0.4) is 0 Å². The van der Waals surface area contributed by atoms with Gasteiger partial charge in [-0.15, -0.1) is 0 Å². The van der Waals surface area contributed by atoms with E-state index in [0.717, 1.165) is 50.8 Å². The third kappa shape index (κ3) is 2.75. The van der Waals surface area contributed by atoms with E-state index in [2.05, 4.69) is 5.32 Å². The highest BCUT2D eigenvalue weighted by atomic mass is 35.5. The van der Waals surface area contributed by atoms with E-state index in [1.165, 1.54) is 0 Å². The molecular weight excluding hydrogens is 319 g/mol. The molecule has 0 bridgehead atoms. The summed E-state index contributed by atoms with van der Waals surface area (Å²) in [7, 11) is 1.97. The third-order valence-corrected chi connectivity index (χ3v) is 5.94. The van der Waals surface area contributed by atoms with Crippen molar-refractivity contribution in [3.05, 3.63) is 33.8 Å². The van der Waals surface area contributed by atoms with Crippen LogP contribution in [-0.4, -0.2) is 37.0 Å². The summed E-state index contributed by atoms with van der Waals surface area (Å²) in [6.07, 6.45) is 5.11. The lowest BCUT2D eigenvalue weighted by atomic mass is 9.63. The van der Waals surface area contributed by atoms with E-state index in [4.69, 9.17) is 23.2 Å². The van der Waals surface area contributed by atoms with Gasteiger partial charge < -0.3 is 10.2 Å². The molecule has 1 amide bonds. The third-order valence-electron chi connectivity index (χ3n) is 5.21. The minimum Gasteiger partial charge on any atom is -0.340 e. The van der Waals surface area contributed by atoms with Gasteiger partial charge in [-0.3, -0.25) is 4.79 Å². The first-order valence-corrected chi connectivity index (χ1v) is 8.74. The molecule has 1 N–H and O–H groups in total. The van der Waals surface area contributed by atoms with Crippen LogP contribution in [0.25, 0.3) is 0 Å². The van der Waals surface area contributed by atoms with Gasteiger partial charge in [0.05, 0.1) is 15.5 Å². The molecule has 1 saturated carbocycles. The van der Waals surface area contributed by atoms with Crippen LogP contribution in [0.2, 0.25) is 10.0 Å². The number of nitrogens with one attached hydrogen (secondary N) is 1. The number of likely N-dealkylation sites (tertiary alicyclic amines) is 1. The molecule has 1 aromatic rings. The number of amides is 1. The maximum atomic E-state index is 13.2. The number of rotatable bonds is 3. The Balaban J connectivity index is 1.86. The molecule has 0 aromatic heterocycles. The summed E-state index contributed by atoms with van der Waals surface area (Å²) in [6, 6.07) is 6.05. The smallest absolute Gasteiger partial charge is 0.233 e. The van der Waals surface area contributed by atoms with E-state index in [0.29, 0.717) is 16.1 Å². The van der Waals surface area contributed by atoms with Crippen LogP contribution in [0.15, 0.2) is 18.2 Å². The molecule has 1 aliphatic carbocycles. The maximum Gasteiger partial charge on any atom is 0.233 e. The number of hydrogen-bond acceptors (Lipinski definition) is 2. The van der Waals surface area contributed by atoms with Crippen molar-refractivity contribution in [2.45, 2.75) is 43.6 Å². The molecule has 1 heterocycles. The Morgan fingerprint density at radius 2 is 2.05 bits per heavy atom. The predicted molar refractivity (Wildman–Crippen MR) is 90.7 cm³/mol. The van der Waals surface area contributed by atoms with E-state index in [9.17, 15) is 4.79 Å². The highest BCUT2D eigenvalue weighted by Crippen LogP contribution is 2.46. The SMILES string of the molecule is CNC1CCCN(C(=O)C2(c3ccc(Cl)c(Cl)c3)CCC2)C1. The minimum absolute atomic E-state index is 0.261. The van der Waals surface area contributed by atoms with Gasteiger partial charge in [0.2, 0.25) is 5.91 Å². The van der Waals surface area contributed by atoms with E-state index in [-0.39, 0.29) is 11.3 Å². The van der Waals surface area contributed by atoms with Crippen molar-refractivity contribution in [3.63, 3.8) is 0 Å². The lowest BCUT2D eigenvalue weighted by Gasteiger charge is -2.46. The molecule has 3 rings (SSSR count). The summed E-state index contributed by atoms with van der Waals surface area (Å²) < 4.78 is 0. The Morgan fingerprint density at radius 3 is 2.64 bits per heavy atom. The van der Waals surface area contributed by atoms with Gasteiger partial charge in [0.1, 0.15) is 0 Å². The average molecular weight is 341 g/mol.